The summed E-state index contributed by atoms with van der Waals surface area (Å²) in [6.07, 6.45) is 4.06. The summed E-state index contributed by atoms with van der Waals surface area (Å²) < 4.78 is 5.90. The van der Waals surface area contributed by atoms with Gasteiger partial charge in [0.25, 0.3) is 0 Å². The maximum absolute atomic E-state index is 5.90. The average Bonchev–Trinajstić information content (AvgIpc) is 2.85. The number of rotatable bonds is 2. The SMILES string of the molecule is CC(C)[C@@H]1COC([C@H]2CCC[P@@]2C(C)(C)C)=N1. The molecular formula is C14H26NOP. The van der Waals surface area contributed by atoms with Crippen molar-refractivity contribution in [1.29, 1.82) is 0 Å². The van der Waals surface area contributed by atoms with Crippen molar-refractivity contribution in [2.45, 2.75) is 64.3 Å². The summed E-state index contributed by atoms with van der Waals surface area (Å²) in [4.78, 5) is 4.84. The fourth-order valence-corrected chi connectivity index (χ4v) is 6.10. The summed E-state index contributed by atoms with van der Waals surface area (Å²) in [6.45, 7) is 12.4. The van der Waals surface area contributed by atoms with E-state index >= 15 is 0 Å². The third kappa shape index (κ3) is 2.84. The topological polar surface area (TPSA) is 21.6 Å². The van der Waals surface area contributed by atoms with Gasteiger partial charge in [-0.2, -0.15) is 0 Å². The van der Waals surface area contributed by atoms with Crippen LogP contribution < -0.4 is 0 Å². The second-order valence-electron chi connectivity index (χ2n) is 6.61. The first-order chi connectivity index (χ1) is 7.89. The van der Waals surface area contributed by atoms with Crippen LogP contribution in [0.25, 0.3) is 0 Å². The molecule has 17 heavy (non-hydrogen) atoms. The second-order valence-corrected chi connectivity index (χ2v) is 9.96. The van der Waals surface area contributed by atoms with E-state index in [0.29, 0.717) is 22.8 Å². The third-order valence-electron chi connectivity index (χ3n) is 3.86. The molecule has 1 saturated heterocycles. The van der Waals surface area contributed by atoms with Crippen LogP contribution in [0.2, 0.25) is 0 Å². The minimum atomic E-state index is 0.0453. The minimum absolute atomic E-state index is 0.0453. The number of hydrogen-bond donors (Lipinski definition) is 0. The summed E-state index contributed by atoms with van der Waals surface area (Å²) in [5.74, 6) is 1.71. The molecule has 2 heterocycles. The lowest BCUT2D eigenvalue weighted by Gasteiger charge is -2.32. The first-order valence-electron chi connectivity index (χ1n) is 6.87. The molecule has 0 aliphatic carbocycles. The van der Waals surface area contributed by atoms with E-state index in [-0.39, 0.29) is 7.92 Å². The number of aliphatic imine (C=N–C) groups is 1. The van der Waals surface area contributed by atoms with Crippen molar-refractivity contribution in [2.24, 2.45) is 10.9 Å². The Morgan fingerprint density at radius 1 is 1.35 bits per heavy atom. The van der Waals surface area contributed by atoms with Crippen molar-refractivity contribution < 1.29 is 4.74 Å². The molecule has 0 saturated carbocycles. The van der Waals surface area contributed by atoms with E-state index in [1.165, 1.54) is 19.0 Å². The van der Waals surface area contributed by atoms with Gasteiger partial charge in [0.2, 0.25) is 0 Å². The third-order valence-corrected chi connectivity index (χ3v) is 7.62. The van der Waals surface area contributed by atoms with Crippen molar-refractivity contribution in [2.75, 3.05) is 12.8 Å². The van der Waals surface area contributed by atoms with E-state index in [1.807, 2.05) is 0 Å². The van der Waals surface area contributed by atoms with Gasteiger partial charge in [-0.25, -0.2) is 4.99 Å². The molecule has 2 aliphatic heterocycles. The van der Waals surface area contributed by atoms with Crippen molar-refractivity contribution in [1.82, 2.24) is 0 Å². The summed E-state index contributed by atoms with van der Waals surface area (Å²) in [5, 5.41) is 0.443. The molecule has 0 unspecified atom stereocenters. The molecule has 98 valence electrons. The van der Waals surface area contributed by atoms with Crippen LogP contribution in [0.1, 0.15) is 47.5 Å². The van der Waals surface area contributed by atoms with Gasteiger partial charge in [-0.1, -0.05) is 42.5 Å². The van der Waals surface area contributed by atoms with Crippen LogP contribution >= 0.6 is 7.92 Å². The lowest BCUT2D eigenvalue weighted by molar-refractivity contribution is 0.286. The Bertz CT molecular complexity index is 306. The molecule has 1 fully saturated rings. The van der Waals surface area contributed by atoms with E-state index in [4.69, 9.17) is 9.73 Å². The molecule has 2 aliphatic rings. The Kier molecular flexibility index (Phi) is 3.83. The maximum atomic E-state index is 5.90. The van der Waals surface area contributed by atoms with Gasteiger partial charge >= 0.3 is 0 Å². The van der Waals surface area contributed by atoms with Gasteiger partial charge in [0.05, 0.1) is 11.7 Å². The Morgan fingerprint density at radius 2 is 2.06 bits per heavy atom. The first kappa shape index (κ1) is 13.3. The molecule has 0 N–H and O–H groups in total. The van der Waals surface area contributed by atoms with Crippen LogP contribution in [0.4, 0.5) is 0 Å². The van der Waals surface area contributed by atoms with Crippen molar-refractivity contribution in [3.63, 3.8) is 0 Å². The maximum Gasteiger partial charge on any atom is 0.191 e. The second kappa shape index (κ2) is 4.88. The van der Waals surface area contributed by atoms with E-state index in [0.717, 1.165) is 12.5 Å². The lowest BCUT2D eigenvalue weighted by atomic mass is 10.1. The van der Waals surface area contributed by atoms with Gasteiger partial charge in [0.1, 0.15) is 6.61 Å². The molecule has 0 bridgehead atoms. The van der Waals surface area contributed by atoms with Crippen molar-refractivity contribution in [3.05, 3.63) is 0 Å². The molecule has 0 aromatic carbocycles. The molecule has 0 radical (unpaired) electrons. The zero-order valence-corrected chi connectivity index (χ0v) is 12.8. The van der Waals surface area contributed by atoms with Crippen LogP contribution in [0.5, 0.6) is 0 Å². The fraction of sp³-hybridized carbons (Fsp3) is 0.929. The van der Waals surface area contributed by atoms with Crippen LogP contribution in [0.15, 0.2) is 4.99 Å². The Labute approximate surface area is 107 Å². The Balaban J connectivity index is 2.10. The van der Waals surface area contributed by atoms with E-state index in [9.17, 15) is 0 Å². The normalized spacial score (nSPS) is 34.0. The highest BCUT2D eigenvalue weighted by molar-refractivity contribution is 7.61. The number of ether oxygens (including phenoxy) is 1. The molecule has 2 rings (SSSR count). The molecule has 3 heteroatoms. The predicted octanol–water partition coefficient (Wildman–Crippen LogP) is 3.88. The molecule has 0 spiro atoms. The molecule has 0 aromatic rings. The van der Waals surface area contributed by atoms with Crippen LogP contribution in [0.3, 0.4) is 0 Å². The molecule has 3 atom stereocenters. The highest BCUT2D eigenvalue weighted by Gasteiger charge is 2.41. The average molecular weight is 255 g/mol. The number of nitrogens with zero attached hydrogens (tertiary/aromatic N) is 1. The number of hydrogen-bond acceptors (Lipinski definition) is 2. The quantitative estimate of drug-likeness (QED) is 0.686. The van der Waals surface area contributed by atoms with E-state index in [2.05, 4.69) is 34.6 Å². The zero-order valence-electron chi connectivity index (χ0n) is 11.9. The summed E-state index contributed by atoms with van der Waals surface area (Å²) in [7, 11) is 0.0453. The van der Waals surface area contributed by atoms with Crippen LogP contribution in [0, 0.1) is 5.92 Å². The van der Waals surface area contributed by atoms with Gasteiger partial charge in [-0.15, -0.1) is 0 Å². The predicted molar refractivity (Wildman–Crippen MR) is 76.6 cm³/mol. The zero-order chi connectivity index (χ0) is 12.6. The Morgan fingerprint density at radius 3 is 2.59 bits per heavy atom. The largest absolute Gasteiger partial charge is 0.478 e. The molecule has 2 nitrogen and oxygen atoms in total. The van der Waals surface area contributed by atoms with Gasteiger partial charge in [0.15, 0.2) is 5.90 Å². The Hall–Kier alpha value is -0.100. The van der Waals surface area contributed by atoms with Crippen LogP contribution in [-0.2, 0) is 4.74 Å². The summed E-state index contributed by atoms with van der Waals surface area (Å²) in [5.41, 5.74) is 0.647. The van der Waals surface area contributed by atoms with Crippen molar-refractivity contribution in [3.8, 4) is 0 Å². The standard InChI is InChI=1S/C14H26NOP/c1-10(2)11-9-16-13(15-11)12-7-6-8-17(12)14(3,4)5/h10-12H,6-9H2,1-5H3/t11-,12+,17+/m0/s1. The van der Waals surface area contributed by atoms with Crippen molar-refractivity contribution >= 4 is 13.8 Å². The molecule has 0 aromatic heterocycles. The van der Waals surface area contributed by atoms with Gasteiger partial charge in [-0.05, 0) is 30.1 Å². The summed E-state index contributed by atoms with van der Waals surface area (Å²) >= 11 is 0. The monoisotopic (exact) mass is 255 g/mol. The van der Waals surface area contributed by atoms with Gasteiger partial charge in [-0.3, -0.25) is 0 Å². The van der Waals surface area contributed by atoms with E-state index < -0.39 is 0 Å². The summed E-state index contributed by atoms with van der Waals surface area (Å²) in [6, 6.07) is 0.405. The first-order valence-corrected chi connectivity index (χ1v) is 8.46. The fourth-order valence-electron chi connectivity index (χ4n) is 2.76. The highest BCUT2D eigenvalue weighted by Crippen LogP contribution is 2.60. The van der Waals surface area contributed by atoms with E-state index in [1.54, 1.807) is 0 Å². The molecular weight excluding hydrogens is 229 g/mol. The van der Waals surface area contributed by atoms with Crippen LogP contribution in [-0.4, -0.2) is 35.5 Å². The smallest absolute Gasteiger partial charge is 0.191 e. The van der Waals surface area contributed by atoms with Gasteiger partial charge < -0.3 is 4.74 Å². The molecule has 0 amide bonds. The highest BCUT2D eigenvalue weighted by atomic mass is 31.1. The van der Waals surface area contributed by atoms with Gasteiger partial charge in [0, 0.05) is 0 Å². The minimum Gasteiger partial charge on any atom is -0.478 e. The lowest BCUT2D eigenvalue weighted by Crippen LogP contribution is -2.24.